The minimum Gasteiger partial charge on any atom is -0.364 e. The molecular formula is C12H22O31S7. The van der Waals surface area contributed by atoms with Gasteiger partial charge in [0.15, 0.2) is 12.4 Å². The molecule has 298 valence electrons. The molecule has 0 aromatic rings. The Balaban J connectivity index is 2.82. The molecule has 2 saturated heterocycles. The van der Waals surface area contributed by atoms with E-state index in [1.165, 1.54) is 0 Å². The zero-order valence-electron chi connectivity index (χ0n) is 23.1. The van der Waals surface area contributed by atoms with Crippen molar-refractivity contribution >= 4 is 72.8 Å². The first-order chi connectivity index (χ1) is 22.1. The fourth-order valence-electron chi connectivity index (χ4n) is 3.98. The van der Waals surface area contributed by atoms with Gasteiger partial charge in [-0.15, -0.1) is 0 Å². The monoisotopic (exact) mass is 886 g/mol. The summed E-state index contributed by atoms with van der Waals surface area (Å²) in [6.45, 7) is -4.89. The molecule has 0 bridgehead atoms. The van der Waals surface area contributed by atoms with Crippen LogP contribution in [0.2, 0.25) is 0 Å². The van der Waals surface area contributed by atoms with Crippen molar-refractivity contribution in [3.63, 3.8) is 0 Å². The number of ether oxygens (including phenoxy) is 3. The van der Waals surface area contributed by atoms with E-state index >= 15 is 0 Å². The molecule has 2 fully saturated rings. The highest BCUT2D eigenvalue weighted by atomic mass is 32.3. The average Bonchev–Trinajstić information content (AvgIpc) is 3.14. The summed E-state index contributed by atoms with van der Waals surface area (Å²) >= 11 is 0. The normalized spacial score (nSPS) is 30.7. The highest BCUT2D eigenvalue weighted by Gasteiger charge is 2.57. The molecule has 50 heavy (non-hydrogen) atoms. The summed E-state index contributed by atoms with van der Waals surface area (Å²) in [6.07, 6.45) is -24.9. The van der Waals surface area contributed by atoms with Crippen molar-refractivity contribution in [3.8, 4) is 0 Å². The molecule has 2 aliphatic heterocycles. The zero-order chi connectivity index (χ0) is 38.9. The van der Waals surface area contributed by atoms with Crippen LogP contribution in [0.25, 0.3) is 0 Å². The number of hydrogen-bond acceptors (Lipinski definition) is 24. The second-order valence-electron chi connectivity index (χ2n) is 8.95. The smallest absolute Gasteiger partial charge is 0.364 e. The summed E-state index contributed by atoms with van der Waals surface area (Å²) in [5.41, 5.74) is 0. The van der Waals surface area contributed by atoms with E-state index in [2.05, 4.69) is 29.3 Å². The summed E-state index contributed by atoms with van der Waals surface area (Å²) < 4.78 is 268. The van der Waals surface area contributed by atoms with E-state index in [0.717, 1.165) is 0 Å². The third-order valence-electron chi connectivity index (χ3n) is 5.36. The molecule has 0 amide bonds. The molecule has 0 aromatic carbocycles. The van der Waals surface area contributed by atoms with Gasteiger partial charge in [0.1, 0.15) is 42.7 Å². The van der Waals surface area contributed by atoms with Gasteiger partial charge in [-0.1, -0.05) is 0 Å². The van der Waals surface area contributed by atoms with Crippen molar-refractivity contribution in [2.45, 2.75) is 55.1 Å². The number of hydrogen-bond donors (Lipinski definition) is 7. The molecule has 31 nitrogen and oxygen atoms in total. The van der Waals surface area contributed by atoms with E-state index in [1.807, 2.05) is 0 Å². The largest absolute Gasteiger partial charge is 0.397 e. The fraction of sp³-hybridized carbons (Fsp3) is 1.00. The van der Waals surface area contributed by atoms with Gasteiger partial charge in [0.2, 0.25) is 0 Å². The highest BCUT2D eigenvalue weighted by molar-refractivity contribution is 7.82. The molecule has 2 aliphatic rings. The van der Waals surface area contributed by atoms with Gasteiger partial charge < -0.3 is 14.2 Å². The Labute approximate surface area is 281 Å². The first-order valence-corrected chi connectivity index (χ1v) is 21.1. The van der Waals surface area contributed by atoms with Gasteiger partial charge in [-0.2, -0.15) is 58.9 Å². The summed E-state index contributed by atoms with van der Waals surface area (Å²) in [7, 11) is -40.3. The van der Waals surface area contributed by atoms with Crippen LogP contribution in [-0.2, 0) is 116 Å². The Hall–Kier alpha value is -1.03. The maximum atomic E-state index is 11.7. The van der Waals surface area contributed by atoms with Gasteiger partial charge in [-0.25, -0.2) is 29.3 Å². The van der Waals surface area contributed by atoms with Crippen LogP contribution in [0.15, 0.2) is 0 Å². The summed E-state index contributed by atoms with van der Waals surface area (Å²) in [5, 5.41) is 0. The molecule has 0 unspecified atom stereocenters. The predicted octanol–water partition coefficient (Wildman–Crippen LogP) is -5.93. The topological polar surface area (TPSA) is 473 Å². The van der Waals surface area contributed by atoms with Crippen LogP contribution in [0.4, 0.5) is 0 Å². The lowest BCUT2D eigenvalue weighted by Crippen LogP contribution is -2.64. The van der Waals surface area contributed by atoms with Crippen molar-refractivity contribution in [2.75, 3.05) is 19.8 Å². The van der Waals surface area contributed by atoms with Gasteiger partial charge in [0.25, 0.3) is 0 Å². The average molecular weight is 887 g/mol. The van der Waals surface area contributed by atoms with Gasteiger partial charge in [0, 0.05) is 0 Å². The van der Waals surface area contributed by atoms with E-state index in [9.17, 15) is 77.1 Å². The van der Waals surface area contributed by atoms with Crippen LogP contribution < -0.4 is 0 Å². The summed E-state index contributed by atoms with van der Waals surface area (Å²) in [6, 6.07) is 0. The van der Waals surface area contributed by atoms with Crippen molar-refractivity contribution < 1.29 is 134 Å². The molecule has 0 aromatic heterocycles. The minimum atomic E-state index is -6.02. The lowest BCUT2D eigenvalue weighted by atomic mass is 9.99. The standard InChI is InChI=1S/C12H22O31S7/c13-44(14,15)34-1-4-7(8(40-47(22,23)24)5(37-4)2-35-45(16,17)18)39-12-11(43-50(31,32)33)10(42-49(28,29)30)9(41-48(25,26)27)6(38-12)3-36-46(19,20)21/h4-12H,1-3H2,(H,13,14,15)(H,16,17,18)(H,19,20,21)(H,22,23,24)(H,25,26,27)(H,28,29,30)(H,31,32,33)/t4-,5-,6-,7-,8-,9-,10+,11-,12+/m1/s1. The molecular weight excluding hydrogens is 865 g/mol. The third kappa shape index (κ3) is 16.8. The molecule has 0 radical (unpaired) electrons. The van der Waals surface area contributed by atoms with Crippen molar-refractivity contribution in [3.05, 3.63) is 0 Å². The second kappa shape index (κ2) is 16.1. The lowest BCUT2D eigenvalue weighted by molar-refractivity contribution is -0.304. The van der Waals surface area contributed by atoms with Crippen molar-refractivity contribution in [1.29, 1.82) is 0 Å². The first kappa shape index (κ1) is 45.1. The molecule has 2 rings (SSSR count). The van der Waals surface area contributed by atoms with Gasteiger partial charge in [0.05, 0.1) is 19.8 Å². The van der Waals surface area contributed by atoms with Crippen LogP contribution in [0.3, 0.4) is 0 Å². The first-order valence-electron chi connectivity index (χ1n) is 11.6. The Bertz CT molecular complexity index is 1970. The summed E-state index contributed by atoms with van der Waals surface area (Å²) in [4.78, 5) is 0. The molecule has 38 heteroatoms. The SMILES string of the molecule is O=S(=O)(O)OC[C@H]1O[C@@H](O[C@H]2[C@H](OS(=O)(=O)O)[C@@H](COS(=O)(=O)O)O[C@@H]2COS(=O)(=O)O)[C@H](OS(=O)(=O)O)[C@@H](OS(=O)(=O)O)[C@@H]1OS(=O)(=O)O. The van der Waals surface area contributed by atoms with E-state index in [4.69, 9.17) is 27.9 Å². The lowest BCUT2D eigenvalue weighted by Gasteiger charge is -2.44. The molecule has 0 aliphatic carbocycles. The van der Waals surface area contributed by atoms with Crippen molar-refractivity contribution in [2.24, 2.45) is 0 Å². The van der Waals surface area contributed by atoms with E-state index in [0.29, 0.717) is 0 Å². The molecule has 2 heterocycles. The molecule has 9 atom stereocenters. The van der Waals surface area contributed by atoms with Crippen LogP contribution in [0, 0.1) is 0 Å². The van der Waals surface area contributed by atoms with Crippen LogP contribution >= 0.6 is 0 Å². The van der Waals surface area contributed by atoms with Crippen LogP contribution in [0.5, 0.6) is 0 Å². The second-order valence-corrected chi connectivity index (χ2v) is 16.4. The van der Waals surface area contributed by atoms with Gasteiger partial charge in [-0.3, -0.25) is 31.9 Å². The zero-order valence-corrected chi connectivity index (χ0v) is 28.8. The molecule has 7 N–H and O–H groups in total. The Kier molecular flexibility index (Phi) is 14.6. The quantitative estimate of drug-likeness (QED) is 0.0594. The van der Waals surface area contributed by atoms with Crippen molar-refractivity contribution in [1.82, 2.24) is 0 Å². The summed E-state index contributed by atoms with van der Waals surface area (Å²) in [5.74, 6) is 0. The molecule has 0 saturated carbocycles. The van der Waals surface area contributed by atoms with Gasteiger partial charge in [-0.05, 0) is 0 Å². The Morgan fingerprint density at radius 2 is 0.640 bits per heavy atom. The predicted molar refractivity (Wildman–Crippen MR) is 140 cm³/mol. The van der Waals surface area contributed by atoms with E-state index in [-0.39, 0.29) is 0 Å². The highest BCUT2D eigenvalue weighted by Crippen LogP contribution is 2.36. The van der Waals surface area contributed by atoms with E-state index < -0.39 is 148 Å². The Morgan fingerprint density at radius 3 is 0.980 bits per heavy atom. The Morgan fingerprint density at radius 1 is 0.360 bits per heavy atom. The third-order valence-corrected chi connectivity index (χ3v) is 8.53. The minimum absolute atomic E-state index is 1.54. The molecule has 0 spiro atoms. The van der Waals surface area contributed by atoms with E-state index in [1.54, 1.807) is 0 Å². The fourth-order valence-corrected chi connectivity index (χ4v) is 6.91. The maximum absolute atomic E-state index is 11.7. The number of rotatable bonds is 19. The maximum Gasteiger partial charge on any atom is 0.397 e. The van der Waals surface area contributed by atoms with Crippen LogP contribution in [0.1, 0.15) is 0 Å². The van der Waals surface area contributed by atoms with Crippen LogP contribution in [-0.4, -0.2) is 166 Å². The van der Waals surface area contributed by atoms with Gasteiger partial charge >= 0.3 is 72.8 Å².